The van der Waals surface area contributed by atoms with Gasteiger partial charge >= 0.3 is 0 Å². The molecule has 0 aliphatic rings. The minimum atomic E-state index is -1.10. The third kappa shape index (κ3) is 44.9. The number of amides is 1. The second-order valence-electron chi connectivity index (χ2n) is 18.8. The van der Waals surface area contributed by atoms with Gasteiger partial charge in [0.1, 0.15) is 6.10 Å². The minimum Gasteiger partial charge on any atom is -0.394 e. The van der Waals surface area contributed by atoms with E-state index in [1.807, 2.05) is 6.08 Å². The molecule has 0 heterocycles. The monoisotopic (exact) mass is 846 g/mol. The molecule has 0 rings (SSSR count). The fourth-order valence-corrected chi connectivity index (χ4v) is 8.56. The number of unbranched alkanes of at least 4 members (excludes halogenated alkanes) is 40. The summed E-state index contributed by atoms with van der Waals surface area (Å²) in [5, 5.41) is 33.1. The first-order valence-electron chi connectivity index (χ1n) is 27.2. The normalized spacial score (nSPS) is 13.5. The van der Waals surface area contributed by atoms with Crippen LogP contribution in [0.3, 0.4) is 0 Å². The van der Waals surface area contributed by atoms with Crippen LogP contribution in [0.25, 0.3) is 0 Å². The zero-order valence-electron chi connectivity index (χ0n) is 40.6. The molecule has 1 amide bonds. The lowest BCUT2D eigenvalue weighted by Gasteiger charge is -2.21. The van der Waals surface area contributed by atoms with E-state index >= 15 is 0 Å². The molecule has 0 bridgehead atoms. The van der Waals surface area contributed by atoms with Gasteiger partial charge < -0.3 is 20.6 Å². The summed E-state index contributed by atoms with van der Waals surface area (Å²) >= 11 is 0. The molecule has 356 valence electrons. The largest absolute Gasteiger partial charge is 0.394 e. The van der Waals surface area contributed by atoms with Crippen molar-refractivity contribution in [1.82, 2.24) is 5.32 Å². The zero-order valence-corrected chi connectivity index (χ0v) is 40.6. The number of carbonyl (C=O) groups excluding carboxylic acids is 1. The van der Waals surface area contributed by atoms with Crippen molar-refractivity contribution in [3.63, 3.8) is 0 Å². The number of allylic oxidation sites excluding steroid dienone is 3. The van der Waals surface area contributed by atoms with Crippen LogP contribution in [0.2, 0.25) is 0 Å². The van der Waals surface area contributed by atoms with Gasteiger partial charge in [-0.1, -0.05) is 289 Å². The summed E-state index contributed by atoms with van der Waals surface area (Å²) < 4.78 is 0. The maximum Gasteiger partial charge on any atom is 0.249 e. The molecule has 5 nitrogen and oxygen atoms in total. The van der Waals surface area contributed by atoms with E-state index in [0.29, 0.717) is 6.42 Å². The van der Waals surface area contributed by atoms with Crippen molar-refractivity contribution in [1.29, 1.82) is 0 Å². The van der Waals surface area contributed by atoms with E-state index in [1.54, 1.807) is 6.08 Å². The first-order chi connectivity index (χ1) is 29.6. The molecule has 0 spiro atoms. The quantitative estimate of drug-likeness (QED) is 0.0363. The average molecular weight is 846 g/mol. The lowest BCUT2D eigenvalue weighted by molar-refractivity contribution is -0.131. The van der Waals surface area contributed by atoms with Gasteiger partial charge in [0.05, 0.1) is 18.8 Å². The highest BCUT2D eigenvalue weighted by Crippen LogP contribution is 2.18. The number of hydrogen-bond donors (Lipinski definition) is 4. The van der Waals surface area contributed by atoms with Gasteiger partial charge in [0.25, 0.3) is 0 Å². The second kappa shape index (κ2) is 50.5. The van der Waals surface area contributed by atoms with E-state index in [-0.39, 0.29) is 6.61 Å². The fraction of sp³-hybridized carbons (Fsp3) is 0.909. The Kier molecular flexibility index (Phi) is 49.5. The Morgan fingerprint density at radius 2 is 0.683 bits per heavy atom. The lowest BCUT2D eigenvalue weighted by atomic mass is 10.0. The van der Waals surface area contributed by atoms with Crippen molar-refractivity contribution < 1.29 is 20.1 Å². The number of nitrogens with one attached hydrogen (secondary N) is 1. The summed E-state index contributed by atoms with van der Waals surface area (Å²) in [6.07, 6.45) is 64.3. The molecular weight excluding hydrogens is 739 g/mol. The lowest BCUT2D eigenvalue weighted by Crippen LogP contribution is -2.48. The molecule has 0 radical (unpaired) electrons. The molecular formula is C55H107NO4. The molecule has 0 saturated heterocycles. The topological polar surface area (TPSA) is 89.8 Å². The van der Waals surface area contributed by atoms with Crippen LogP contribution in [0, 0.1) is 0 Å². The van der Waals surface area contributed by atoms with Crippen LogP contribution in [0.15, 0.2) is 24.3 Å². The second-order valence-corrected chi connectivity index (χ2v) is 18.8. The van der Waals surface area contributed by atoms with E-state index in [0.717, 1.165) is 38.5 Å². The molecule has 0 aromatic heterocycles. The smallest absolute Gasteiger partial charge is 0.249 e. The Morgan fingerprint density at radius 1 is 0.400 bits per heavy atom. The molecule has 0 aliphatic heterocycles. The first-order valence-corrected chi connectivity index (χ1v) is 27.2. The Hall–Kier alpha value is -1.17. The van der Waals surface area contributed by atoms with Gasteiger partial charge in [0, 0.05) is 0 Å². The summed E-state index contributed by atoms with van der Waals surface area (Å²) in [6, 6.07) is -0.810. The van der Waals surface area contributed by atoms with Gasteiger partial charge in [-0.3, -0.25) is 4.79 Å². The summed E-state index contributed by atoms with van der Waals surface area (Å²) in [4.78, 5) is 12.5. The molecule has 60 heavy (non-hydrogen) atoms. The first kappa shape index (κ1) is 58.8. The van der Waals surface area contributed by atoms with Gasteiger partial charge in [0.2, 0.25) is 5.91 Å². The van der Waals surface area contributed by atoms with Crippen molar-refractivity contribution in [2.24, 2.45) is 0 Å². The van der Waals surface area contributed by atoms with Gasteiger partial charge in [0.15, 0.2) is 0 Å². The van der Waals surface area contributed by atoms with E-state index in [1.165, 1.54) is 238 Å². The number of aliphatic hydroxyl groups excluding tert-OH is 3. The summed E-state index contributed by atoms with van der Waals surface area (Å²) in [7, 11) is 0. The summed E-state index contributed by atoms with van der Waals surface area (Å²) in [5.74, 6) is -0.510. The van der Waals surface area contributed by atoms with Crippen molar-refractivity contribution in [3.05, 3.63) is 24.3 Å². The average Bonchev–Trinajstić information content (AvgIpc) is 3.25. The van der Waals surface area contributed by atoms with Crippen LogP contribution in [0.4, 0.5) is 0 Å². The van der Waals surface area contributed by atoms with Gasteiger partial charge in [-0.2, -0.15) is 0 Å². The SMILES string of the molecule is CCCCCC/C=C/CC/C=C/C(O)C(CO)NC(=O)C(O)CCCCCCCCCCCCCCCCCCCCCCCCCCCCCCCCCCCCCC. The van der Waals surface area contributed by atoms with Crippen molar-refractivity contribution in [2.75, 3.05) is 6.61 Å². The standard InChI is InChI=1S/C55H107NO4/c1-3-5-7-9-11-13-15-16-17-18-19-20-21-22-23-24-25-26-27-28-29-30-31-32-33-34-35-36-37-38-39-40-42-44-46-48-50-54(59)55(60)56-52(51-57)53(58)49-47-45-43-41-14-12-10-8-6-4-2/h14,41,47,49,52-54,57-59H,3-13,15-40,42-46,48,50-51H2,1-2H3,(H,56,60)/b41-14+,49-47+. The van der Waals surface area contributed by atoms with Crippen LogP contribution in [-0.4, -0.2) is 46.1 Å². The Labute approximate surface area is 375 Å². The van der Waals surface area contributed by atoms with Crippen LogP contribution >= 0.6 is 0 Å². The minimum absolute atomic E-state index is 0.374. The number of carbonyl (C=O) groups is 1. The molecule has 0 aromatic carbocycles. The Balaban J connectivity index is 3.41. The number of rotatable bonds is 50. The number of hydrogen-bond acceptors (Lipinski definition) is 4. The maximum absolute atomic E-state index is 12.5. The Morgan fingerprint density at radius 3 is 1.02 bits per heavy atom. The highest BCUT2D eigenvalue weighted by molar-refractivity contribution is 5.80. The fourth-order valence-electron chi connectivity index (χ4n) is 8.56. The van der Waals surface area contributed by atoms with E-state index in [2.05, 4.69) is 31.3 Å². The molecule has 3 unspecified atom stereocenters. The van der Waals surface area contributed by atoms with Gasteiger partial charge in [-0.25, -0.2) is 0 Å². The predicted octanol–water partition coefficient (Wildman–Crippen LogP) is 16.5. The molecule has 0 fully saturated rings. The van der Waals surface area contributed by atoms with Crippen molar-refractivity contribution in [2.45, 2.75) is 315 Å². The van der Waals surface area contributed by atoms with Crippen molar-refractivity contribution in [3.8, 4) is 0 Å². The molecule has 4 N–H and O–H groups in total. The molecule has 0 aromatic rings. The van der Waals surface area contributed by atoms with Gasteiger partial charge in [-0.15, -0.1) is 0 Å². The van der Waals surface area contributed by atoms with Gasteiger partial charge in [-0.05, 0) is 32.1 Å². The highest BCUT2D eigenvalue weighted by Gasteiger charge is 2.22. The van der Waals surface area contributed by atoms with E-state index in [9.17, 15) is 20.1 Å². The predicted molar refractivity (Wildman–Crippen MR) is 264 cm³/mol. The van der Waals surface area contributed by atoms with E-state index in [4.69, 9.17) is 0 Å². The molecule has 0 saturated carbocycles. The van der Waals surface area contributed by atoms with Crippen LogP contribution < -0.4 is 5.32 Å². The maximum atomic E-state index is 12.5. The third-order valence-corrected chi connectivity index (χ3v) is 12.8. The third-order valence-electron chi connectivity index (χ3n) is 12.8. The van der Waals surface area contributed by atoms with Crippen LogP contribution in [0.1, 0.15) is 296 Å². The van der Waals surface area contributed by atoms with Crippen molar-refractivity contribution >= 4 is 5.91 Å². The van der Waals surface area contributed by atoms with Crippen LogP contribution in [0.5, 0.6) is 0 Å². The number of aliphatic hydroxyl groups is 3. The highest BCUT2D eigenvalue weighted by atomic mass is 16.3. The Bertz CT molecular complexity index is 890. The molecule has 3 atom stereocenters. The van der Waals surface area contributed by atoms with E-state index < -0.39 is 24.2 Å². The molecule has 5 heteroatoms. The molecule has 0 aliphatic carbocycles. The summed E-state index contributed by atoms with van der Waals surface area (Å²) in [6.45, 7) is 4.15. The zero-order chi connectivity index (χ0) is 43.7. The van der Waals surface area contributed by atoms with Crippen LogP contribution in [-0.2, 0) is 4.79 Å². The summed E-state index contributed by atoms with van der Waals surface area (Å²) in [5.41, 5.74) is 0.